The molecule has 4 aromatic rings. The predicted octanol–water partition coefficient (Wildman–Crippen LogP) is 4.32. The molecule has 156 valence electrons. The molecule has 4 rings (SSSR count). The van der Waals surface area contributed by atoms with Crippen LogP contribution in [-0.4, -0.2) is 24.5 Å². The van der Waals surface area contributed by atoms with Crippen molar-refractivity contribution in [2.75, 3.05) is 6.61 Å². The molecule has 30 heavy (non-hydrogen) atoms. The average Bonchev–Trinajstić information content (AvgIpc) is 3.51. The van der Waals surface area contributed by atoms with Crippen LogP contribution in [0.4, 0.5) is 0 Å². The monoisotopic (exact) mass is 428 g/mol. The molecule has 0 bridgehead atoms. The first-order chi connectivity index (χ1) is 14.6. The first kappa shape index (κ1) is 20.0. The van der Waals surface area contributed by atoms with E-state index in [1.165, 1.54) is 29.0 Å². The minimum atomic E-state index is -3.84. The van der Waals surface area contributed by atoms with Gasteiger partial charge in [0.1, 0.15) is 11.5 Å². The van der Waals surface area contributed by atoms with Crippen molar-refractivity contribution in [3.8, 4) is 17.3 Å². The fraction of sp³-hybridized carbons (Fsp3) is 0.190. The van der Waals surface area contributed by atoms with E-state index in [1.807, 2.05) is 6.92 Å². The summed E-state index contributed by atoms with van der Waals surface area (Å²) < 4.78 is 49.3. The number of ether oxygens (including phenoxy) is 1. The lowest BCUT2D eigenvalue weighted by molar-refractivity contribution is 0.338. The van der Waals surface area contributed by atoms with Gasteiger partial charge in [-0.1, -0.05) is 5.16 Å². The molecule has 0 radical (unpaired) electrons. The van der Waals surface area contributed by atoms with E-state index >= 15 is 0 Å². The summed E-state index contributed by atoms with van der Waals surface area (Å²) in [7, 11) is -3.84. The summed E-state index contributed by atoms with van der Waals surface area (Å²) in [6.45, 7) is 2.41. The van der Waals surface area contributed by atoms with Crippen LogP contribution in [0, 0.1) is 0 Å². The van der Waals surface area contributed by atoms with Gasteiger partial charge in [0.15, 0.2) is 5.76 Å². The minimum Gasteiger partial charge on any atom is -0.494 e. The molecule has 0 N–H and O–H groups in total. The Morgan fingerprint density at radius 3 is 2.40 bits per heavy atom. The molecule has 9 heteroatoms. The van der Waals surface area contributed by atoms with Crippen LogP contribution in [-0.2, 0) is 23.1 Å². The summed E-state index contributed by atoms with van der Waals surface area (Å²) in [6, 6.07) is 14.9. The molecule has 0 aliphatic rings. The first-order valence-electron chi connectivity index (χ1n) is 9.31. The minimum absolute atomic E-state index is 0.000450. The van der Waals surface area contributed by atoms with Crippen LogP contribution >= 0.6 is 0 Å². The Balaban J connectivity index is 1.62. The van der Waals surface area contributed by atoms with Gasteiger partial charge in [-0.2, -0.15) is 4.31 Å². The molecule has 0 fully saturated rings. The Hall–Kier alpha value is -3.30. The molecule has 0 saturated heterocycles. The highest BCUT2D eigenvalue weighted by atomic mass is 32.2. The predicted molar refractivity (Wildman–Crippen MR) is 107 cm³/mol. The highest BCUT2D eigenvalue weighted by Gasteiger charge is 2.27. The number of hydrogen-bond acceptors (Lipinski definition) is 7. The lowest BCUT2D eigenvalue weighted by Gasteiger charge is -2.20. The van der Waals surface area contributed by atoms with Gasteiger partial charge in [0.25, 0.3) is 0 Å². The zero-order valence-corrected chi connectivity index (χ0v) is 17.0. The summed E-state index contributed by atoms with van der Waals surface area (Å²) >= 11 is 0. The lowest BCUT2D eigenvalue weighted by atomic mass is 10.3. The summed E-state index contributed by atoms with van der Waals surface area (Å²) in [6.07, 6.45) is 3.03. The molecule has 0 amide bonds. The van der Waals surface area contributed by atoms with Gasteiger partial charge in [0, 0.05) is 6.07 Å². The van der Waals surface area contributed by atoms with Crippen molar-refractivity contribution in [3.05, 3.63) is 78.6 Å². The van der Waals surface area contributed by atoms with Crippen molar-refractivity contribution in [2.24, 2.45) is 0 Å². The molecule has 3 heterocycles. The Bertz CT molecular complexity index is 1160. The average molecular weight is 428 g/mol. The van der Waals surface area contributed by atoms with Crippen LogP contribution in [0.3, 0.4) is 0 Å². The topological polar surface area (TPSA) is 98.9 Å². The number of nitrogens with zero attached hydrogens (tertiary/aromatic N) is 2. The third kappa shape index (κ3) is 4.32. The van der Waals surface area contributed by atoms with E-state index in [0.29, 0.717) is 35.3 Å². The maximum absolute atomic E-state index is 13.3. The van der Waals surface area contributed by atoms with E-state index in [1.54, 1.807) is 42.5 Å². The van der Waals surface area contributed by atoms with Crippen LogP contribution in [0.15, 0.2) is 85.4 Å². The highest BCUT2D eigenvalue weighted by Crippen LogP contribution is 2.25. The Labute approximate surface area is 173 Å². The zero-order valence-electron chi connectivity index (χ0n) is 16.2. The van der Waals surface area contributed by atoms with Crippen molar-refractivity contribution in [1.82, 2.24) is 9.46 Å². The van der Waals surface area contributed by atoms with E-state index in [-0.39, 0.29) is 18.0 Å². The fourth-order valence-corrected chi connectivity index (χ4v) is 4.31. The quantitative estimate of drug-likeness (QED) is 0.391. The summed E-state index contributed by atoms with van der Waals surface area (Å²) in [5.74, 6) is 2.06. The van der Waals surface area contributed by atoms with E-state index in [9.17, 15) is 8.42 Å². The van der Waals surface area contributed by atoms with E-state index in [2.05, 4.69) is 5.16 Å². The van der Waals surface area contributed by atoms with Crippen LogP contribution in [0.2, 0.25) is 0 Å². The maximum Gasteiger partial charge on any atom is 0.243 e. The number of benzene rings is 1. The molecule has 0 aliphatic carbocycles. The molecule has 1 aromatic carbocycles. The molecule has 0 saturated carbocycles. The largest absolute Gasteiger partial charge is 0.494 e. The van der Waals surface area contributed by atoms with E-state index < -0.39 is 10.0 Å². The van der Waals surface area contributed by atoms with Crippen molar-refractivity contribution in [2.45, 2.75) is 24.9 Å². The Morgan fingerprint density at radius 2 is 1.73 bits per heavy atom. The fourth-order valence-electron chi connectivity index (χ4n) is 2.93. The molecule has 0 spiro atoms. The van der Waals surface area contributed by atoms with Gasteiger partial charge in [0.2, 0.25) is 15.8 Å². The SMILES string of the molecule is CCOc1ccc(S(=O)(=O)N(Cc2cc(-c3ccco3)on2)Cc2ccco2)cc1. The van der Waals surface area contributed by atoms with Crippen LogP contribution in [0.5, 0.6) is 5.75 Å². The number of rotatable bonds is 9. The van der Waals surface area contributed by atoms with Gasteiger partial charge >= 0.3 is 0 Å². The summed E-state index contributed by atoms with van der Waals surface area (Å²) in [5.41, 5.74) is 0.447. The van der Waals surface area contributed by atoms with Crippen LogP contribution in [0.1, 0.15) is 18.4 Å². The van der Waals surface area contributed by atoms with Crippen molar-refractivity contribution >= 4 is 10.0 Å². The van der Waals surface area contributed by atoms with Gasteiger partial charge in [0.05, 0.1) is 42.8 Å². The third-order valence-corrected chi connectivity index (χ3v) is 6.15. The molecule has 8 nitrogen and oxygen atoms in total. The number of hydrogen-bond donors (Lipinski definition) is 0. The first-order valence-corrected chi connectivity index (χ1v) is 10.7. The summed E-state index contributed by atoms with van der Waals surface area (Å²) in [4.78, 5) is 0.146. The molecule has 0 aliphatic heterocycles. The second-order valence-corrected chi connectivity index (χ2v) is 8.35. The molecular weight excluding hydrogens is 408 g/mol. The van der Waals surface area contributed by atoms with Gasteiger partial charge in [-0.25, -0.2) is 8.42 Å². The third-order valence-electron chi connectivity index (χ3n) is 4.35. The van der Waals surface area contributed by atoms with Gasteiger partial charge in [-0.15, -0.1) is 0 Å². The van der Waals surface area contributed by atoms with Gasteiger partial charge in [-0.3, -0.25) is 0 Å². The Kier molecular flexibility index (Phi) is 5.73. The smallest absolute Gasteiger partial charge is 0.243 e. The van der Waals surface area contributed by atoms with Crippen molar-refractivity contribution in [1.29, 1.82) is 0 Å². The second-order valence-electron chi connectivity index (χ2n) is 6.42. The van der Waals surface area contributed by atoms with Crippen LogP contribution in [0.25, 0.3) is 11.5 Å². The molecule has 0 unspecified atom stereocenters. The van der Waals surface area contributed by atoms with Crippen LogP contribution < -0.4 is 4.74 Å². The zero-order chi connectivity index (χ0) is 21.0. The second kappa shape index (κ2) is 8.60. The molecular formula is C21H20N2O6S. The standard InChI is InChI=1S/C21H20N2O6S/c1-2-26-17-7-9-19(10-8-17)30(24,25)23(15-18-5-3-11-27-18)14-16-13-21(29-22-16)20-6-4-12-28-20/h3-13H,2,14-15H2,1H3. The van der Waals surface area contributed by atoms with Crippen molar-refractivity contribution < 1.29 is 26.5 Å². The lowest BCUT2D eigenvalue weighted by Crippen LogP contribution is -2.30. The number of sulfonamides is 1. The number of aromatic nitrogens is 1. The molecule has 0 atom stereocenters. The van der Waals surface area contributed by atoms with E-state index in [0.717, 1.165) is 0 Å². The normalized spacial score (nSPS) is 11.8. The maximum atomic E-state index is 13.3. The highest BCUT2D eigenvalue weighted by molar-refractivity contribution is 7.89. The van der Waals surface area contributed by atoms with Gasteiger partial charge < -0.3 is 18.1 Å². The molecule has 3 aromatic heterocycles. The van der Waals surface area contributed by atoms with Gasteiger partial charge in [-0.05, 0) is 55.5 Å². The Morgan fingerprint density at radius 1 is 0.967 bits per heavy atom. The van der Waals surface area contributed by atoms with E-state index in [4.69, 9.17) is 18.1 Å². The number of furan rings is 2. The summed E-state index contributed by atoms with van der Waals surface area (Å²) in [5, 5.41) is 4.00. The van der Waals surface area contributed by atoms with Crippen molar-refractivity contribution in [3.63, 3.8) is 0 Å².